The first-order chi connectivity index (χ1) is 13.2. The minimum atomic E-state index is -0.335. The van der Waals surface area contributed by atoms with Gasteiger partial charge in [0.1, 0.15) is 5.82 Å². The van der Waals surface area contributed by atoms with Crippen LogP contribution in [0.3, 0.4) is 0 Å². The zero-order valence-electron chi connectivity index (χ0n) is 15.3. The van der Waals surface area contributed by atoms with Crippen LogP contribution in [-0.2, 0) is 11.3 Å². The van der Waals surface area contributed by atoms with E-state index in [1.54, 1.807) is 28.9 Å². The molecule has 2 heterocycles. The molecule has 0 aliphatic carbocycles. The number of piperazine rings is 1. The minimum absolute atomic E-state index is 0.180. The molecule has 0 unspecified atom stereocenters. The highest BCUT2D eigenvalue weighted by molar-refractivity contribution is 5.92. The Labute approximate surface area is 158 Å². The number of anilines is 1. The first kappa shape index (κ1) is 18.6. The van der Waals surface area contributed by atoms with Gasteiger partial charge in [-0.15, -0.1) is 10.2 Å². The molecule has 0 radical (unpaired) electrons. The molecule has 1 fully saturated rings. The van der Waals surface area contributed by atoms with Crippen molar-refractivity contribution in [2.24, 2.45) is 0 Å². The summed E-state index contributed by atoms with van der Waals surface area (Å²) in [6, 6.07) is 13.4. The Bertz CT molecular complexity index is 759. The van der Waals surface area contributed by atoms with Crippen molar-refractivity contribution in [1.29, 1.82) is 0 Å². The Morgan fingerprint density at radius 3 is 2.33 bits per heavy atom. The van der Waals surface area contributed by atoms with Crippen molar-refractivity contribution < 1.29 is 14.3 Å². The highest BCUT2D eigenvalue weighted by atomic mass is 16.6. The van der Waals surface area contributed by atoms with E-state index < -0.39 is 0 Å². The van der Waals surface area contributed by atoms with Crippen molar-refractivity contribution in [2.75, 3.05) is 38.1 Å². The third-order valence-electron chi connectivity index (χ3n) is 4.29. The van der Waals surface area contributed by atoms with E-state index in [1.165, 1.54) is 0 Å². The maximum atomic E-state index is 12.6. The summed E-state index contributed by atoms with van der Waals surface area (Å²) in [6.45, 7) is 4.57. The van der Waals surface area contributed by atoms with Crippen LogP contribution in [0.15, 0.2) is 42.5 Å². The number of carbonyl (C=O) groups is 2. The van der Waals surface area contributed by atoms with E-state index in [4.69, 9.17) is 4.74 Å². The first-order valence-electron chi connectivity index (χ1n) is 9.00. The fourth-order valence-corrected chi connectivity index (χ4v) is 2.80. The number of amides is 2. The topological polar surface area (TPSA) is 87.7 Å². The number of hydrogen-bond acceptors (Lipinski definition) is 6. The third-order valence-corrected chi connectivity index (χ3v) is 4.29. The van der Waals surface area contributed by atoms with Crippen LogP contribution < -0.4 is 5.32 Å². The van der Waals surface area contributed by atoms with Crippen molar-refractivity contribution in [1.82, 2.24) is 20.0 Å². The second-order valence-corrected chi connectivity index (χ2v) is 6.12. The Morgan fingerprint density at radius 1 is 1.00 bits per heavy atom. The number of hydrogen-bond donors (Lipinski definition) is 1. The molecule has 1 aromatic carbocycles. The predicted octanol–water partition coefficient (Wildman–Crippen LogP) is 2.00. The fourth-order valence-electron chi connectivity index (χ4n) is 2.80. The third kappa shape index (κ3) is 4.93. The summed E-state index contributed by atoms with van der Waals surface area (Å²) >= 11 is 0. The van der Waals surface area contributed by atoms with Gasteiger partial charge in [0.2, 0.25) is 0 Å². The SMILES string of the molecule is CCOC(=O)N1CCN(C(=O)c2ccc(NCc3ccccc3)nn2)CC1. The van der Waals surface area contributed by atoms with Crippen molar-refractivity contribution >= 4 is 17.8 Å². The maximum Gasteiger partial charge on any atom is 0.409 e. The predicted molar refractivity (Wildman–Crippen MR) is 100 cm³/mol. The van der Waals surface area contributed by atoms with Gasteiger partial charge in [0.25, 0.3) is 5.91 Å². The lowest BCUT2D eigenvalue weighted by Crippen LogP contribution is -2.50. The van der Waals surface area contributed by atoms with E-state index in [0.717, 1.165) is 5.56 Å². The number of aromatic nitrogens is 2. The summed E-state index contributed by atoms with van der Waals surface area (Å²) in [5, 5.41) is 11.3. The molecule has 3 rings (SSSR count). The van der Waals surface area contributed by atoms with E-state index in [-0.39, 0.29) is 12.0 Å². The smallest absolute Gasteiger partial charge is 0.409 e. The lowest BCUT2D eigenvalue weighted by Gasteiger charge is -2.33. The highest BCUT2D eigenvalue weighted by Gasteiger charge is 2.26. The van der Waals surface area contributed by atoms with Crippen molar-refractivity contribution in [2.45, 2.75) is 13.5 Å². The number of nitrogens with one attached hydrogen (secondary N) is 1. The molecule has 1 aromatic heterocycles. The molecule has 2 amide bonds. The second kappa shape index (κ2) is 8.98. The monoisotopic (exact) mass is 369 g/mol. The molecule has 1 N–H and O–H groups in total. The van der Waals surface area contributed by atoms with Crippen LogP contribution in [0.2, 0.25) is 0 Å². The van der Waals surface area contributed by atoms with Crippen molar-refractivity contribution in [3.8, 4) is 0 Å². The van der Waals surface area contributed by atoms with E-state index in [9.17, 15) is 9.59 Å². The van der Waals surface area contributed by atoms with Crippen LogP contribution in [0.25, 0.3) is 0 Å². The molecule has 8 heteroatoms. The lowest BCUT2D eigenvalue weighted by atomic mass is 10.2. The molecule has 27 heavy (non-hydrogen) atoms. The number of carbonyl (C=O) groups excluding carboxylic acids is 2. The summed E-state index contributed by atoms with van der Waals surface area (Å²) in [5.74, 6) is 0.433. The van der Waals surface area contributed by atoms with Gasteiger partial charge in [-0.25, -0.2) is 4.79 Å². The molecular formula is C19H23N5O3. The van der Waals surface area contributed by atoms with Crippen LogP contribution in [-0.4, -0.2) is 64.8 Å². The number of benzene rings is 1. The van der Waals surface area contributed by atoms with Crippen molar-refractivity contribution in [3.63, 3.8) is 0 Å². The fraction of sp³-hybridized carbons (Fsp3) is 0.368. The van der Waals surface area contributed by atoms with Crippen LogP contribution in [0.5, 0.6) is 0 Å². The standard InChI is InChI=1S/C19H23N5O3/c1-2-27-19(26)24-12-10-23(11-13-24)18(25)16-8-9-17(22-21-16)20-14-15-6-4-3-5-7-15/h3-9H,2,10-14H2,1H3,(H,20,22). The second-order valence-electron chi connectivity index (χ2n) is 6.12. The molecule has 2 aromatic rings. The normalized spacial score (nSPS) is 14.0. The van der Waals surface area contributed by atoms with Crippen LogP contribution >= 0.6 is 0 Å². The van der Waals surface area contributed by atoms with E-state index in [1.807, 2.05) is 30.3 Å². The lowest BCUT2D eigenvalue weighted by molar-refractivity contribution is 0.0565. The number of rotatable bonds is 5. The van der Waals surface area contributed by atoms with Crippen LogP contribution in [0, 0.1) is 0 Å². The van der Waals surface area contributed by atoms with Gasteiger partial charge in [0, 0.05) is 32.7 Å². The molecule has 0 spiro atoms. The maximum absolute atomic E-state index is 12.6. The molecule has 1 aliphatic rings. The van der Waals surface area contributed by atoms with Gasteiger partial charge in [0.05, 0.1) is 6.61 Å². The Morgan fingerprint density at radius 2 is 1.70 bits per heavy atom. The Kier molecular flexibility index (Phi) is 6.19. The van der Waals surface area contributed by atoms with Gasteiger partial charge in [-0.2, -0.15) is 0 Å². The van der Waals surface area contributed by atoms with Gasteiger partial charge in [-0.3, -0.25) is 4.79 Å². The van der Waals surface area contributed by atoms with E-state index >= 15 is 0 Å². The van der Waals surface area contributed by atoms with Gasteiger partial charge in [-0.05, 0) is 24.6 Å². The van der Waals surface area contributed by atoms with Gasteiger partial charge in [-0.1, -0.05) is 30.3 Å². The van der Waals surface area contributed by atoms with Crippen molar-refractivity contribution in [3.05, 3.63) is 53.7 Å². The zero-order valence-corrected chi connectivity index (χ0v) is 15.3. The Balaban J connectivity index is 1.51. The average Bonchev–Trinajstić information content (AvgIpc) is 2.73. The quantitative estimate of drug-likeness (QED) is 0.867. The molecular weight excluding hydrogens is 346 g/mol. The molecule has 0 atom stereocenters. The number of ether oxygens (including phenoxy) is 1. The van der Waals surface area contributed by atoms with E-state index in [2.05, 4.69) is 15.5 Å². The average molecular weight is 369 g/mol. The summed E-state index contributed by atoms with van der Waals surface area (Å²) in [5.41, 5.74) is 1.43. The van der Waals surface area contributed by atoms with Crippen LogP contribution in [0.1, 0.15) is 23.0 Å². The highest BCUT2D eigenvalue weighted by Crippen LogP contribution is 2.10. The van der Waals surface area contributed by atoms with E-state index in [0.29, 0.717) is 50.8 Å². The molecule has 142 valence electrons. The molecule has 1 saturated heterocycles. The zero-order chi connectivity index (χ0) is 19.1. The number of nitrogens with zero attached hydrogens (tertiary/aromatic N) is 4. The molecule has 0 bridgehead atoms. The Hall–Kier alpha value is -3.16. The minimum Gasteiger partial charge on any atom is -0.450 e. The van der Waals surface area contributed by atoms with Gasteiger partial charge < -0.3 is 19.9 Å². The molecule has 8 nitrogen and oxygen atoms in total. The summed E-state index contributed by atoms with van der Waals surface area (Å²) in [7, 11) is 0. The summed E-state index contributed by atoms with van der Waals surface area (Å²) < 4.78 is 4.98. The van der Waals surface area contributed by atoms with Gasteiger partial charge in [0.15, 0.2) is 5.69 Å². The summed E-state index contributed by atoms with van der Waals surface area (Å²) in [6.07, 6.45) is -0.335. The molecule has 0 saturated carbocycles. The van der Waals surface area contributed by atoms with Crippen LogP contribution in [0.4, 0.5) is 10.6 Å². The largest absolute Gasteiger partial charge is 0.450 e. The molecule has 1 aliphatic heterocycles. The summed E-state index contributed by atoms with van der Waals surface area (Å²) in [4.78, 5) is 27.6. The van der Waals surface area contributed by atoms with Gasteiger partial charge >= 0.3 is 6.09 Å². The first-order valence-corrected chi connectivity index (χ1v) is 9.00.